The Balaban J connectivity index is 2.62. The number of allylic oxidation sites excluding steroid dienone is 2. The molecule has 0 unspecified atom stereocenters. The van der Waals surface area contributed by atoms with E-state index in [1.807, 2.05) is 26.0 Å². The number of rotatable bonds is 4. The lowest BCUT2D eigenvalue weighted by molar-refractivity contribution is -0.113. The number of benzene rings is 1. The van der Waals surface area contributed by atoms with Crippen LogP contribution in [0, 0.1) is 17.2 Å². The molecule has 0 atom stereocenters. The largest absolute Gasteiger partial charge is 0.497 e. The van der Waals surface area contributed by atoms with E-state index < -0.39 is 0 Å². The molecule has 1 aliphatic rings. The molecule has 23 heavy (non-hydrogen) atoms. The average Bonchev–Trinajstić information content (AvgIpc) is 2.76. The number of ether oxygens (including phenoxy) is 2. The SMILES string of the molecule is COc1cc(OC)cc(N2C(=O)C(C#N)=C(C)/C2=C/C(C)C)c1. The molecule has 1 aromatic rings. The molecule has 0 aromatic heterocycles. The Morgan fingerprint density at radius 1 is 1.17 bits per heavy atom. The first-order chi connectivity index (χ1) is 10.9. The van der Waals surface area contributed by atoms with Crippen LogP contribution in [0.2, 0.25) is 0 Å². The topological polar surface area (TPSA) is 62.6 Å². The minimum atomic E-state index is -0.327. The van der Waals surface area contributed by atoms with Gasteiger partial charge in [-0.05, 0) is 18.4 Å². The van der Waals surface area contributed by atoms with Gasteiger partial charge in [-0.2, -0.15) is 5.26 Å². The number of hydrogen-bond donors (Lipinski definition) is 0. The molecular weight excluding hydrogens is 292 g/mol. The Kier molecular flexibility index (Phi) is 4.75. The van der Waals surface area contributed by atoms with Crippen molar-refractivity contribution in [1.82, 2.24) is 0 Å². The first kappa shape index (κ1) is 16.6. The van der Waals surface area contributed by atoms with E-state index in [1.54, 1.807) is 44.2 Å². The van der Waals surface area contributed by atoms with E-state index in [9.17, 15) is 10.1 Å². The number of methoxy groups -OCH3 is 2. The van der Waals surface area contributed by atoms with Crippen LogP contribution < -0.4 is 14.4 Å². The van der Waals surface area contributed by atoms with Gasteiger partial charge >= 0.3 is 0 Å². The number of amides is 1. The second-order valence-corrected chi connectivity index (χ2v) is 5.62. The molecule has 0 saturated carbocycles. The van der Waals surface area contributed by atoms with Crippen LogP contribution in [0.3, 0.4) is 0 Å². The molecule has 0 spiro atoms. The highest BCUT2D eigenvalue weighted by Crippen LogP contribution is 2.37. The smallest absolute Gasteiger partial charge is 0.273 e. The molecule has 0 aliphatic carbocycles. The van der Waals surface area contributed by atoms with E-state index >= 15 is 0 Å². The van der Waals surface area contributed by atoms with Crippen molar-refractivity contribution in [3.63, 3.8) is 0 Å². The fourth-order valence-electron chi connectivity index (χ4n) is 2.50. The highest BCUT2D eigenvalue weighted by atomic mass is 16.5. The highest BCUT2D eigenvalue weighted by Gasteiger charge is 2.34. The number of carbonyl (C=O) groups is 1. The summed E-state index contributed by atoms with van der Waals surface area (Å²) in [5.74, 6) is 1.08. The summed E-state index contributed by atoms with van der Waals surface area (Å²) in [6.45, 7) is 5.85. The molecule has 1 heterocycles. The molecule has 120 valence electrons. The molecule has 5 nitrogen and oxygen atoms in total. The summed E-state index contributed by atoms with van der Waals surface area (Å²) in [6, 6.07) is 7.25. The summed E-state index contributed by atoms with van der Waals surface area (Å²) in [6.07, 6.45) is 1.98. The van der Waals surface area contributed by atoms with Crippen molar-refractivity contribution < 1.29 is 14.3 Å². The molecular formula is C18H20N2O3. The fraction of sp³-hybridized carbons (Fsp3) is 0.333. The van der Waals surface area contributed by atoms with Gasteiger partial charge in [0.2, 0.25) is 0 Å². The van der Waals surface area contributed by atoms with Crippen LogP contribution in [-0.2, 0) is 4.79 Å². The first-order valence-corrected chi connectivity index (χ1v) is 7.33. The quantitative estimate of drug-likeness (QED) is 0.854. The van der Waals surface area contributed by atoms with Gasteiger partial charge in [-0.3, -0.25) is 9.69 Å². The van der Waals surface area contributed by atoms with Crippen LogP contribution in [0.5, 0.6) is 11.5 Å². The van der Waals surface area contributed by atoms with Gasteiger partial charge < -0.3 is 9.47 Å². The summed E-state index contributed by atoms with van der Waals surface area (Å²) in [5, 5.41) is 9.29. The monoisotopic (exact) mass is 312 g/mol. The summed E-state index contributed by atoms with van der Waals surface area (Å²) >= 11 is 0. The van der Waals surface area contributed by atoms with Crippen molar-refractivity contribution in [3.05, 3.63) is 41.1 Å². The van der Waals surface area contributed by atoms with Crippen LogP contribution in [0.4, 0.5) is 5.69 Å². The minimum Gasteiger partial charge on any atom is -0.497 e. The van der Waals surface area contributed by atoms with Crippen molar-refractivity contribution in [3.8, 4) is 17.6 Å². The second kappa shape index (κ2) is 6.57. The van der Waals surface area contributed by atoms with Crippen LogP contribution in [0.15, 0.2) is 41.1 Å². The Bertz CT molecular complexity index is 717. The lowest BCUT2D eigenvalue weighted by Crippen LogP contribution is -2.25. The lowest BCUT2D eigenvalue weighted by Gasteiger charge is -2.21. The van der Waals surface area contributed by atoms with Gasteiger partial charge in [0.15, 0.2) is 0 Å². The van der Waals surface area contributed by atoms with Gasteiger partial charge in [0.05, 0.1) is 19.9 Å². The third-order valence-electron chi connectivity index (χ3n) is 3.61. The number of carbonyl (C=O) groups excluding carboxylic acids is 1. The summed E-state index contributed by atoms with van der Waals surface area (Å²) in [5.41, 5.74) is 2.20. The Labute approximate surface area is 136 Å². The van der Waals surface area contributed by atoms with Gasteiger partial charge in [0, 0.05) is 23.9 Å². The van der Waals surface area contributed by atoms with Crippen molar-refractivity contribution in [2.75, 3.05) is 19.1 Å². The summed E-state index contributed by atoms with van der Waals surface area (Å²) in [7, 11) is 3.11. The van der Waals surface area contributed by atoms with E-state index in [2.05, 4.69) is 0 Å². The molecule has 1 amide bonds. The average molecular weight is 312 g/mol. The maximum absolute atomic E-state index is 12.7. The molecule has 0 fully saturated rings. The maximum atomic E-state index is 12.7. The van der Waals surface area contributed by atoms with E-state index in [1.165, 1.54) is 0 Å². The molecule has 5 heteroatoms. The number of nitriles is 1. The maximum Gasteiger partial charge on any atom is 0.273 e. The van der Waals surface area contributed by atoms with Crippen molar-refractivity contribution >= 4 is 11.6 Å². The standard InChI is InChI=1S/C18H20N2O3/c1-11(2)6-17-12(3)16(10-19)18(21)20(17)13-7-14(22-4)9-15(8-13)23-5/h6-9,11H,1-5H3/b17-6-. The van der Waals surface area contributed by atoms with Gasteiger partial charge in [0.1, 0.15) is 23.1 Å². The number of hydrogen-bond acceptors (Lipinski definition) is 4. The molecule has 0 saturated heterocycles. The molecule has 0 N–H and O–H groups in total. The van der Waals surface area contributed by atoms with E-state index in [0.29, 0.717) is 22.8 Å². The fourth-order valence-corrected chi connectivity index (χ4v) is 2.50. The predicted octanol–water partition coefficient (Wildman–Crippen LogP) is 3.43. The third-order valence-corrected chi connectivity index (χ3v) is 3.61. The van der Waals surface area contributed by atoms with Gasteiger partial charge in [0.25, 0.3) is 5.91 Å². The van der Waals surface area contributed by atoms with Crippen molar-refractivity contribution in [2.45, 2.75) is 20.8 Å². The van der Waals surface area contributed by atoms with Crippen molar-refractivity contribution in [1.29, 1.82) is 5.26 Å². The van der Waals surface area contributed by atoms with Crippen LogP contribution >= 0.6 is 0 Å². The van der Waals surface area contributed by atoms with E-state index in [4.69, 9.17) is 9.47 Å². The molecule has 1 aliphatic heterocycles. The summed E-state index contributed by atoms with van der Waals surface area (Å²) in [4.78, 5) is 14.2. The normalized spacial score (nSPS) is 16.3. The Morgan fingerprint density at radius 3 is 2.17 bits per heavy atom. The molecule has 0 radical (unpaired) electrons. The molecule has 2 rings (SSSR count). The first-order valence-electron chi connectivity index (χ1n) is 7.33. The predicted molar refractivity (Wildman–Crippen MR) is 88.3 cm³/mol. The zero-order chi connectivity index (χ0) is 17.1. The second-order valence-electron chi connectivity index (χ2n) is 5.62. The summed E-state index contributed by atoms with van der Waals surface area (Å²) < 4.78 is 10.5. The van der Waals surface area contributed by atoms with E-state index in [-0.39, 0.29) is 17.4 Å². The Morgan fingerprint density at radius 2 is 1.74 bits per heavy atom. The van der Waals surface area contributed by atoms with E-state index in [0.717, 1.165) is 5.70 Å². The molecule has 0 bridgehead atoms. The van der Waals surface area contributed by atoms with Gasteiger partial charge in [-0.15, -0.1) is 0 Å². The van der Waals surface area contributed by atoms with Crippen LogP contribution in [-0.4, -0.2) is 20.1 Å². The minimum absolute atomic E-state index is 0.165. The zero-order valence-electron chi connectivity index (χ0n) is 14.0. The third kappa shape index (κ3) is 3.07. The zero-order valence-corrected chi connectivity index (χ0v) is 14.0. The highest BCUT2D eigenvalue weighted by molar-refractivity contribution is 6.15. The van der Waals surface area contributed by atoms with Crippen molar-refractivity contribution in [2.24, 2.45) is 5.92 Å². The lowest BCUT2D eigenvalue weighted by atomic mass is 10.1. The number of anilines is 1. The van der Waals surface area contributed by atoms with Crippen LogP contribution in [0.25, 0.3) is 0 Å². The van der Waals surface area contributed by atoms with Gasteiger partial charge in [-0.1, -0.05) is 19.9 Å². The Hall–Kier alpha value is -2.74. The molecule has 1 aromatic carbocycles. The van der Waals surface area contributed by atoms with Crippen LogP contribution in [0.1, 0.15) is 20.8 Å². The number of nitrogens with zero attached hydrogens (tertiary/aromatic N) is 2. The van der Waals surface area contributed by atoms with Gasteiger partial charge in [-0.25, -0.2) is 0 Å².